The number of amides is 3. The standard InChI is InChI=1S/C19H17FN4O2S/c20-14-6-8-15(9-7-14)27-12-10-17(25)23-24-19(26)22-16-5-1-3-13-4-2-11-21-18(13)16/h1-9,11H,10,12H2,(H,23,25)(H2,22,24,26). The predicted octanol–water partition coefficient (Wildman–Crippen LogP) is 3.71. The maximum absolute atomic E-state index is 12.8. The lowest BCUT2D eigenvalue weighted by atomic mass is 10.2. The summed E-state index contributed by atoms with van der Waals surface area (Å²) in [6.45, 7) is 0. The number of carbonyl (C=O) groups is 2. The Morgan fingerprint density at radius 1 is 1.00 bits per heavy atom. The Labute approximate surface area is 159 Å². The van der Waals surface area contributed by atoms with Crippen molar-refractivity contribution in [2.24, 2.45) is 0 Å². The lowest BCUT2D eigenvalue weighted by molar-refractivity contribution is -0.121. The van der Waals surface area contributed by atoms with Gasteiger partial charge in [-0.3, -0.25) is 15.2 Å². The highest BCUT2D eigenvalue weighted by atomic mass is 32.2. The number of aromatic nitrogens is 1. The van der Waals surface area contributed by atoms with Crippen LogP contribution < -0.4 is 16.2 Å². The van der Waals surface area contributed by atoms with Crippen LogP contribution in [0.3, 0.4) is 0 Å². The van der Waals surface area contributed by atoms with Crippen LogP contribution in [0.1, 0.15) is 6.42 Å². The summed E-state index contributed by atoms with van der Waals surface area (Å²) in [5, 5.41) is 3.56. The van der Waals surface area contributed by atoms with E-state index in [9.17, 15) is 14.0 Å². The number of fused-ring (bicyclic) bond motifs is 1. The largest absolute Gasteiger partial charge is 0.337 e. The number of pyridine rings is 1. The van der Waals surface area contributed by atoms with E-state index in [-0.39, 0.29) is 18.1 Å². The van der Waals surface area contributed by atoms with Crippen LogP contribution in [-0.2, 0) is 4.79 Å². The normalized spacial score (nSPS) is 10.4. The number of anilines is 1. The van der Waals surface area contributed by atoms with E-state index in [1.165, 1.54) is 23.9 Å². The van der Waals surface area contributed by atoms with Gasteiger partial charge in [0, 0.05) is 28.7 Å². The number of urea groups is 1. The van der Waals surface area contributed by atoms with Gasteiger partial charge in [-0.05, 0) is 36.4 Å². The van der Waals surface area contributed by atoms with Crippen LogP contribution >= 0.6 is 11.8 Å². The summed E-state index contributed by atoms with van der Waals surface area (Å²) in [5.74, 6) is -0.113. The van der Waals surface area contributed by atoms with Crippen LogP contribution in [0.4, 0.5) is 14.9 Å². The number of thioether (sulfide) groups is 1. The Balaban J connectivity index is 1.43. The first-order chi connectivity index (χ1) is 13.1. The van der Waals surface area contributed by atoms with Gasteiger partial charge < -0.3 is 5.32 Å². The lowest BCUT2D eigenvalue weighted by Gasteiger charge is -2.10. The average Bonchev–Trinajstić information content (AvgIpc) is 2.68. The minimum atomic E-state index is -0.562. The number of hydrazine groups is 1. The highest BCUT2D eigenvalue weighted by Gasteiger charge is 2.08. The van der Waals surface area contributed by atoms with Crippen molar-refractivity contribution in [3.8, 4) is 0 Å². The fourth-order valence-electron chi connectivity index (χ4n) is 2.34. The SMILES string of the molecule is O=C(CCSc1ccc(F)cc1)NNC(=O)Nc1cccc2cccnc12. The van der Waals surface area contributed by atoms with Gasteiger partial charge in [-0.1, -0.05) is 18.2 Å². The van der Waals surface area contributed by atoms with Gasteiger partial charge in [0.1, 0.15) is 5.82 Å². The fourth-order valence-corrected chi connectivity index (χ4v) is 3.19. The molecule has 138 valence electrons. The summed E-state index contributed by atoms with van der Waals surface area (Å²) in [7, 11) is 0. The fraction of sp³-hybridized carbons (Fsp3) is 0.105. The van der Waals surface area contributed by atoms with Gasteiger partial charge >= 0.3 is 6.03 Å². The summed E-state index contributed by atoms with van der Waals surface area (Å²) in [5.41, 5.74) is 5.88. The first-order valence-electron chi connectivity index (χ1n) is 8.20. The lowest BCUT2D eigenvalue weighted by Crippen LogP contribution is -2.44. The van der Waals surface area contributed by atoms with Gasteiger partial charge in [-0.2, -0.15) is 0 Å². The van der Waals surface area contributed by atoms with Crippen LogP contribution in [0.25, 0.3) is 10.9 Å². The van der Waals surface area contributed by atoms with Crippen molar-refractivity contribution in [3.05, 3.63) is 66.6 Å². The monoisotopic (exact) mass is 384 g/mol. The van der Waals surface area contributed by atoms with E-state index < -0.39 is 6.03 Å². The highest BCUT2D eigenvalue weighted by Crippen LogP contribution is 2.20. The molecule has 8 heteroatoms. The van der Waals surface area contributed by atoms with E-state index in [0.29, 0.717) is 17.0 Å². The van der Waals surface area contributed by atoms with Crippen molar-refractivity contribution < 1.29 is 14.0 Å². The van der Waals surface area contributed by atoms with Crippen molar-refractivity contribution in [1.29, 1.82) is 0 Å². The number of hydrogen-bond donors (Lipinski definition) is 3. The molecule has 0 unspecified atom stereocenters. The van der Waals surface area contributed by atoms with Crippen LogP contribution in [0.2, 0.25) is 0 Å². The average molecular weight is 384 g/mol. The van der Waals surface area contributed by atoms with E-state index in [0.717, 1.165) is 10.3 Å². The molecule has 2 aromatic carbocycles. The first-order valence-corrected chi connectivity index (χ1v) is 9.18. The molecule has 0 fully saturated rings. The third-order valence-corrected chi connectivity index (χ3v) is 4.62. The summed E-state index contributed by atoms with van der Waals surface area (Å²) in [6, 6.07) is 14.6. The van der Waals surface area contributed by atoms with Gasteiger partial charge in [0.25, 0.3) is 0 Å². The van der Waals surface area contributed by atoms with E-state index in [2.05, 4.69) is 21.2 Å². The van der Waals surface area contributed by atoms with Crippen LogP contribution in [-0.4, -0.2) is 22.7 Å². The van der Waals surface area contributed by atoms with Gasteiger partial charge in [0.05, 0.1) is 11.2 Å². The third-order valence-electron chi connectivity index (χ3n) is 3.61. The summed E-state index contributed by atoms with van der Waals surface area (Å²) < 4.78 is 12.8. The summed E-state index contributed by atoms with van der Waals surface area (Å²) >= 11 is 1.43. The molecular formula is C19H17FN4O2S. The van der Waals surface area contributed by atoms with Crippen LogP contribution in [0, 0.1) is 5.82 Å². The molecule has 0 saturated heterocycles. The number of para-hydroxylation sites is 1. The van der Waals surface area contributed by atoms with Crippen molar-refractivity contribution >= 4 is 40.3 Å². The maximum atomic E-state index is 12.8. The van der Waals surface area contributed by atoms with E-state index >= 15 is 0 Å². The van der Waals surface area contributed by atoms with Crippen LogP contribution in [0.5, 0.6) is 0 Å². The Kier molecular flexibility index (Phi) is 6.22. The second kappa shape index (κ2) is 9.00. The molecule has 0 aliphatic heterocycles. The Hall–Kier alpha value is -3.13. The first kappa shape index (κ1) is 18.7. The van der Waals surface area contributed by atoms with E-state index in [1.807, 2.05) is 24.3 Å². The molecule has 6 nitrogen and oxygen atoms in total. The molecule has 0 bridgehead atoms. The second-order valence-electron chi connectivity index (χ2n) is 5.56. The van der Waals surface area contributed by atoms with Gasteiger partial charge in [-0.15, -0.1) is 11.8 Å². The number of hydrogen-bond acceptors (Lipinski definition) is 4. The summed E-state index contributed by atoms with van der Waals surface area (Å²) in [4.78, 5) is 28.9. The minimum absolute atomic E-state index is 0.206. The number of benzene rings is 2. The minimum Gasteiger partial charge on any atom is -0.304 e. The molecule has 3 aromatic rings. The molecule has 3 rings (SSSR count). The molecule has 0 spiro atoms. The predicted molar refractivity (Wildman–Crippen MR) is 104 cm³/mol. The topological polar surface area (TPSA) is 83.1 Å². The third kappa shape index (κ3) is 5.42. The molecule has 0 atom stereocenters. The molecule has 0 saturated carbocycles. The zero-order chi connectivity index (χ0) is 19.1. The smallest absolute Gasteiger partial charge is 0.304 e. The molecule has 0 radical (unpaired) electrons. The molecule has 0 aliphatic carbocycles. The van der Waals surface area contributed by atoms with Crippen LogP contribution in [0.15, 0.2) is 65.7 Å². The number of rotatable bonds is 5. The summed E-state index contributed by atoms with van der Waals surface area (Å²) in [6.07, 6.45) is 1.85. The Morgan fingerprint density at radius 3 is 2.59 bits per heavy atom. The Morgan fingerprint density at radius 2 is 1.78 bits per heavy atom. The molecule has 3 amide bonds. The van der Waals surface area contributed by atoms with E-state index in [1.54, 1.807) is 24.4 Å². The van der Waals surface area contributed by atoms with Crippen molar-refractivity contribution in [3.63, 3.8) is 0 Å². The van der Waals surface area contributed by atoms with Gasteiger partial charge in [0.15, 0.2) is 0 Å². The number of halogens is 1. The van der Waals surface area contributed by atoms with Gasteiger partial charge in [0.2, 0.25) is 5.91 Å². The zero-order valence-electron chi connectivity index (χ0n) is 14.2. The molecule has 0 aliphatic rings. The highest BCUT2D eigenvalue weighted by molar-refractivity contribution is 7.99. The maximum Gasteiger partial charge on any atom is 0.337 e. The molecule has 1 aromatic heterocycles. The second-order valence-corrected chi connectivity index (χ2v) is 6.73. The molecular weight excluding hydrogens is 367 g/mol. The van der Waals surface area contributed by atoms with Gasteiger partial charge in [-0.25, -0.2) is 14.6 Å². The van der Waals surface area contributed by atoms with Crippen molar-refractivity contribution in [2.45, 2.75) is 11.3 Å². The molecule has 1 heterocycles. The Bertz CT molecular complexity index is 945. The zero-order valence-corrected chi connectivity index (χ0v) is 15.1. The van der Waals surface area contributed by atoms with Crippen molar-refractivity contribution in [2.75, 3.05) is 11.1 Å². The number of carbonyl (C=O) groups excluding carboxylic acids is 2. The number of nitrogens with one attached hydrogen (secondary N) is 3. The van der Waals surface area contributed by atoms with Crippen molar-refractivity contribution in [1.82, 2.24) is 15.8 Å². The molecule has 27 heavy (non-hydrogen) atoms. The molecule has 3 N–H and O–H groups in total. The number of nitrogens with zero attached hydrogens (tertiary/aromatic N) is 1. The quantitative estimate of drug-likeness (QED) is 0.463. The van der Waals surface area contributed by atoms with E-state index in [4.69, 9.17) is 0 Å².